The summed E-state index contributed by atoms with van der Waals surface area (Å²) in [7, 11) is -3.79. The minimum absolute atomic E-state index is 0.00434. The van der Waals surface area contributed by atoms with Crippen molar-refractivity contribution < 1.29 is 13.2 Å². The fourth-order valence-corrected chi connectivity index (χ4v) is 3.25. The highest BCUT2D eigenvalue weighted by Crippen LogP contribution is 2.24. The van der Waals surface area contributed by atoms with E-state index in [9.17, 15) is 13.2 Å². The van der Waals surface area contributed by atoms with Gasteiger partial charge in [0.15, 0.2) is 0 Å². The molecule has 29 heavy (non-hydrogen) atoms. The number of pyridine rings is 1. The molecule has 0 saturated carbocycles. The summed E-state index contributed by atoms with van der Waals surface area (Å²) in [5.74, 6) is -0.340. The third-order valence-electron chi connectivity index (χ3n) is 4.28. The molecule has 0 bridgehead atoms. The normalized spacial score (nSPS) is 11.1. The number of carbonyl (C=O) groups is 1. The molecular formula is C20H19N5O3S. The predicted molar refractivity (Wildman–Crippen MR) is 110 cm³/mol. The number of nitrogens with two attached hydrogens (primary N) is 2. The van der Waals surface area contributed by atoms with Gasteiger partial charge in [0.2, 0.25) is 10.0 Å². The molecule has 0 spiro atoms. The number of carbonyl (C=O) groups excluding carboxylic acids is 1. The van der Waals surface area contributed by atoms with Gasteiger partial charge in [0.25, 0.3) is 5.91 Å². The van der Waals surface area contributed by atoms with E-state index in [0.717, 1.165) is 5.56 Å². The van der Waals surface area contributed by atoms with Crippen molar-refractivity contribution in [3.05, 3.63) is 83.7 Å². The molecule has 0 aliphatic rings. The molecule has 3 rings (SSSR count). The van der Waals surface area contributed by atoms with E-state index >= 15 is 0 Å². The van der Waals surface area contributed by atoms with Gasteiger partial charge in [0.1, 0.15) is 5.84 Å². The van der Waals surface area contributed by atoms with Crippen LogP contribution in [0.25, 0.3) is 11.1 Å². The Balaban J connectivity index is 1.79. The van der Waals surface area contributed by atoms with Crippen LogP contribution in [0, 0.1) is 5.41 Å². The minimum atomic E-state index is -3.79. The molecule has 1 heterocycles. The Morgan fingerprint density at radius 3 is 2.28 bits per heavy atom. The first kappa shape index (κ1) is 20.2. The van der Waals surface area contributed by atoms with Crippen molar-refractivity contribution in [1.82, 2.24) is 10.3 Å². The molecule has 0 saturated heterocycles. The van der Waals surface area contributed by atoms with Gasteiger partial charge in [-0.1, -0.05) is 36.4 Å². The summed E-state index contributed by atoms with van der Waals surface area (Å²) in [6, 6.07) is 14.6. The van der Waals surface area contributed by atoms with E-state index in [1.165, 1.54) is 18.3 Å². The molecule has 0 atom stereocenters. The molecule has 0 fully saturated rings. The highest BCUT2D eigenvalue weighted by molar-refractivity contribution is 7.89. The summed E-state index contributed by atoms with van der Waals surface area (Å²) in [4.78, 5) is 16.7. The molecule has 0 radical (unpaired) electrons. The van der Waals surface area contributed by atoms with Gasteiger partial charge in [-0.2, -0.15) is 0 Å². The van der Waals surface area contributed by atoms with Crippen molar-refractivity contribution in [2.24, 2.45) is 10.9 Å². The van der Waals surface area contributed by atoms with E-state index in [4.69, 9.17) is 16.3 Å². The van der Waals surface area contributed by atoms with E-state index in [1.54, 1.807) is 48.7 Å². The van der Waals surface area contributed by atoms with Crippen LogP contribution in [0.4, 0.5) is 0 Å². The number of nitrogens with zero attached hydrogens (tertiary/aromatic N) is 1. The van der Waals surface area contributed by atoms with Gasteiger partial charge in [-0.05, 0) is 34.9 Å². The van der Waals surface area contributed by atoms with Crippen molar-refractivity contribution in [2.75, 3.05) is 0 Å². The highest BCUT2D eigenvalue weighted by Gasteiger charge is 2.14. The van der Waals surface area contributed by atoms with Crippen LogP contribution in [0.5, 0.6) is 0 Å². The lowest BCUT2D eigenvalue weighted by atomic mass is 10.0. The van der Waals surface area contributed by atoms with Crippen molar-refractivity contribution >= 4 is 21.8 Å². The molecule has 0 unspecified atom stereocenters. The number of amides is 1. The van der Waals surface area contributed by atoms with Gasteiger partial charge < -0.3 is 11.1 Å². The molecule has 2 aromatic carbocycles. The number of nitrogen functional groups attached to an aromatic ring is 1. The Labute approximate surface area is 168 Å². The number of benzene rings is 2. The lowest BCUT2D eigenvalue weighted by Gasteiger charge is -2.11. The molecular weight excluding hydrogens is 390 g/mol. The van der Waals surface area contributed by atoms with Gasteiger partial charge >= 0.3 is 0 Å². The molecule has 1 amide bonds. The topological polar surface area (TPSA) is 152 Å². The van der Waals surface area contributed by atoms with E-state index in [0.29, 0.717) is 22.3 Å². The maximum atomic E-state index is 12.7. The van der Waals surface area contributed by atoms with Crippen molar-refractivity contribution in [2.45, 2.75) is 11.4 Å². The van der Waals surface area contributed by atoms with E-state index < -0.39 is 10.0 Å². The summed E-state index contributed by atoms with van der Waals surface area (Å²) in [5.41, 5.74) is 8.53. The number of rotatable bonds is 6. The Kier molecular flexibility index (Phi) is 5.71. The summed E-state index contributed by atoms with van der Waals surface area (Å²) in [5, 5.41) is 15.4. The lowest BCUT2D eigenvalue weighted by molar-refractivity contribution is 0.0951. The van der Waals surface area contributed by atoms with Crippen LogP contribution in [0.3, 0.4) is 0 Å². The predicted octanol–water partition coefficient (Wildman–Crippen LogP) is 1.61. The summed E-state index contributed by atoms with van der Waals surface area (Å²) in [6.45, 7) is 0.287. The number of nitrogens with one attached hydrogen (secondary N) is 2. The van der Waals surface area contributed by atoms with Crippen LogP contribution in [-0.4, -0.2) is 25.1 Å². The second-order valence-corrected chi connectivity index (χ2v) is 7.85. The standard InChI is InChI=1S/C20H19N5O3S/c21-19(22)15-3-1-13(2-4-15)11-25-20(26)18-12-24-10-9-17(18)14-5-7-16(8-6-14)29(23,27)28/h1-10,12H,11H2,(H3,21,22)(H,25,26)(H2,23,27,28). The summed E-state index contributed by atoms with van der Waals surface area (Å²) in [6.07, 6.45) is 3.01. The molecule has 148 valence electrons. The number of hydrogen-bond donors (Lipinski definition) is 4. The Hall–Kier alpha value is -3.56. The van der Waals surface area contributed by atoms with Gasteiger partial charge in [-0.3, -0.25) is 15.2 Å². The molecule has 1 aromatic heterocycles. The largest absolute Gasteiger partial charge is 0.384 e. The number of hydrogen-bond acceptors (Lipinski definition) is 5. The average molecular weight is 409 g/mol. The maximum Gasteiger partial charge on any atom is 0.253 e. The second-order valence-electron chi connectivity index (χ2n) is 6.28. The summed E-state index contributed by atoms with van der Waals surface area (Å²) >= 11 is 0. The average Bonchev–Trinajstić information content (AvgIpc) is 2.72. The quantitative estimate of drug-likeness (QED) is 0.360. The van der Waals surface area contributed by atoms with Gasteiger partial charge in [-0.15, -0.1) is 0 Å². The van der Waals surface area contributed by atoms with Gasteiger partial charge in [-0.25, -0.2) is 13.6 Å². The molecule has 3 aromatic rings. The van der Waals surface area contributed by atoms with E-state index in [1.807, 2.05) is 0 Å². The molecule has 9 heteroatoms. The van der Waals surface area contributed by atoms with Crippen LogP contribution in [0.1, 0.15) is 21.5 Å². The van der Waals surface area contributed by atoms with Crippen LogP contribution in [-0.2, 0) is 16.6 Å². The van der Waals surface area contributed by atoms with Crippen molar-refractivity contribution in [3.8, 4) is 11.1 Å². The zero-order valence-corrected chi connectivity index (χ0v) is 16.1. The van der Waals surface area contributed by atoms with Crippen LogP contribution in [0.2, 0.25) is 0 Å². The van der Waals surface area contributed by atoms with Gasteiger partial charge in [0, 0.05) is 24.5 Å². The molecule has 0 aliphatic carbocycles. The van der Waals surface area contributed by atoms with Crippen LogP contribution < -0.4 is 16.2 Å². The smallest absolute Gasteiger partial charge is 0.253 e. The molecule has 0 aliphatic heterocycles. The highest BCUT2D eigenvalue weighted by atomic mass is 32.2. The zero-order chi connectivity index (χ0) is 21.0. The molecule has 8 nitrogen and oxygen atoms in total. The number of primary sulfonamides is 1. The number of sulfonamides is 1. The first-order valence-electron chi connectivity index (χ1n) is 8.54. The van der Waals surface area contributed by atoms with Crippen LogP contribution in [0.15, 0.2) is 71.9 Å². The maximum absolute atomic E-state index is 12.7. The fraction of sp³-hybridized carbons (Fsp3) is 0.0500. The third kappa shape index (κ3) is 4.84. The fourth-order valence-electron chi connectivity index (χ4n) is 2.73. The Morgan fingerprint density at radius 2 is 1.69 bits per heavy atom. The van der Waals surface area contributed by atoms with Crippen molar-refractivity contribution in [3.63, 3.8) is 0 Å². The minimum Gasteiger partial charge on any atom is -0.384 e. The first-order valence-corrected chi connectivity index (χ1v) is 10.1. The zero-order valence-electron chi connectivity index (χ0n) is 15.3. The first-order chi connectivity index (χ1) is 13.8. The summed E-state index contributed by atoms with van der Waals surface area (Å²) < 4.78 is 22.8. The van der Waals surface area contributed by atoms with Crippen molar-refractivity contribution in [1.29, 1.82) is 5.41 Å². The third-order valence-corrected chi connectivity index (χ3v) is 5.21. The number of amidine groups is 1. The Morgan fingerprint density at radius 1 is 1.03 bits per heavy atom. The SMILES string of the molecule is N=C(N)c1ccc(CNC(=O)c2cnccc2-c2ccc(S(N)(=O)=O)cc2)cc1. The monoisotopic (exact) mass is 409 g/mol. The Bertz CT molecular complexity index is 1160. The van der Waals surface area contributed by atoms with Crippen LogP contribution >= 0.6 is 0 Å². The number of aromatic nitrogens is 1. The van der Waals surface area contributed by atoms with Gasteiger partial charge in [0.05, 0.1) is 10.5 Å². The van der Waals surface area contributed by atoms with E-state index in [-0.39, 0.29) is 23.2 Å². The lowest BCUT2D eigenvalue weighted by Crippen LogP contribution is -2.23. The second kappa shape index (κ2) is 8.21. The van der Waals surface area contributed by atoms with E-state index in [2.05, 4.69) is 10.3 Å². The molecule has 6 N–H and O–H groups in total.